The predicted octanol–water partition coefficient (Wildman–Crippen LogP) is 5.38. The van der Waals surface area contributed by atoms with Gasteiger partial charge in [0.2, 0.25) is 5.91 Å². The first-order chi connectivity index (χ1) is 10.9. The average Bonchev–Trinajstić information content (AvgIpc) is 2.47. The van der Waals surface area contributed by atoms with Crippen LogP contribution in [0.3, 0.4) is 0 Å². The minimum Gasteiger partial charge on any atom is -0.326 e. The van der Waals surface area contributed by atoms with Gasteiger partial charge in [0.15, 0.2) is 0 Å². The van der Waals surface area contributed by atoms with Crippen molar-refractivity contribution in [1.29, 1.82) is 0 Å². The van der Waals surface area contributed by atoms with Crippen molar-refractivity contribution < 1.29 is 15.4 Å². The third-order valence-corrected chi connectivity index (χ3v) is 3.31. The Morgan fingerprint density at radius 2 is 1.78 bits per heavy atom. The van der Waals surface area contributed by atoms with Crippen LogP contribution in [0.5, 0.6) is 0 Å². The Bertz CT molecular complexity index is 504. The lowest BCUT2D eigenvalue weighted by atomic mass is 10.0. The van der Waals surface area contributed by atoms with Crippen molar-refractivity contribution in [2.24, 2.45) is 5.92 Å². The first kappa shape index (κ1) is 21.3. The molecule has 1 amide bonds. The molecule has 0 unspecified atom stereocenters. The van der Waals surface area contributed by atoms with Gasteiger partial charge in [-0.25, -0.2) is 4.39 Å². The van der Waals surface area contributed by atoms with Crippen LogP contribution >= 0.6 is 0 Å². The second kappa shape index (κ2) is 11.8. The summed E-state index contributed by atoms with van der Waals surface area (Å²) >= 11 is 0. The first-order valence-corrected chi connectivity index (χ1v) is 8.48. The van der Waals surface area contributed by atoms with Crippen molar-refractivity contribution in [1.82, 2.24) is 0 Å². The molecular weight excluding hydrogens is 293 g/mol. The number of aryl methyl sites for hydroxylation is 1. The molecule has 132 valence electrons. The van der Waals surface area contributed by atoms with E-state index in [1.54, 1.807) is 6.07 Å². The number of Topliss-reactive ketones (excluding diaryl/α,β-unsaturated/α-hetero) is 1. The van der Waals surface area contributed by atoms with E-state index in [0.717, 1.165) is 31.2 Å². The van der Waals surface area contributed by atoms with E-state index in [4.69, 9.17) is 0 Å². The maximum atomic E-state index is 13.5. The highest BCUT2D eigenvalue weighted by Crippen LogP contribution is 2.17. The fraction of sp³-hybridized carbons (Fsp3) is 0.579. The molecule has 0 aliphatic rings. The molecule has 4 heteroatoms. The van der Waals surface area contributed by atoms with Crippen LogP contribution in [0.1, 0.15) is 67.3 Å². The largest absolute Gasteiger partial charge is 0.326 e. The third kappa shape index (κ3) is 9.82. The molecule has 1 N–H and O–H groups in total. The van der Waals surface area contributed by atoms with Gasteiger partial charge in [-0.05, 0) is 43.0 Å². The number of nitrogens with one attached hydrogen (secondary N) is 1. The quantitative estimate of drug-likeness (QED) is 0.652. The van der Waals surface area contributed by atoms with Crippen molar-refractivity contribution in [2.75, 3.05) is 5.32 Å². The van der Waals surface area contributed by atoms with Crippen LogP contribution in [0, 0.1) is 11.7 Å². The maximum Gasteiger partial charge on any atom is 0.221 e. The van der Waals surface area contributed by atoms with Crippen molar-refractivity contribution >= 4 is 17.4 Å². The summed E-state index contributed by atoms with van der Waals surface area (Å²) in [6.07, 6.45) is 4.11. The number of anilines is 1. The fourth-order valence-electron chi connectivity index (χ4n) is 2.16. The van der Waals surface area contributed by atoms with Crippen LogP contribution in [0.2, 0.25) is 0 Å². The Balaban J connectivity index is 0. The molecule has 0 bridgehead atoms. The Morgan fingerprint density at radius 3 is 2.35 bits per heavy atom. The van der Waals surface area contributed by atoms with E-state index in [0.29, 0.717) is 17.9 Å². The molecule has 1 rings (SSSR count). The second-order valence-corrected chi connectivity index (χ2v) is 5.71. The molecule has 1 aromatic rings. The Kier molecular flexibility index (Phi) is 10.9. The molecule has 0 spiro atoms. The number of unbranched alkanes of at least 4 members (excludes halogenated alkanes) is 2. The van der Waals surface area contributed by atoms with Crippen LogP contribution in [0.4, 0.5) is 10.1 Å². The fourth-order valence-corrected chi connectivity index (χ4v) is 2.16. The minimum absolute atomic E-state index is 0. The Labute approximate surface area is 141 Å². The number of ketones is 1. The van der Waals surface area contributed by atoms with Gasteiger partial charge in [-0.2, -0.15) is 0 Å². The monoisotopic (exact) mass is 325 g/mol. The van der Waals surface area contributed by atoms with Gasteiger partial charge in [0.05, 0.1) is 0 Å². The van der Waals surface area contributed by atoms with E-state index >= 15 is 0 Å². The van der Waals surface area contributed by atoms with Gasteiger partial charge in [-0.3, -0.25) is 9.59 Å². The predicted molar refractivity (Wildman–Crippen MR) is 96.2 cm³/mol. The molecule has 0 radical (unpaired) electrons. The van der Waals surface area contributed by atoms with Gasteiger partial charge in [0.25, 0.3) is 0 Å². The van der Waals surface area contributed by atoms with Crippen LogP contribution in [0.25, 0.3) is 0 Å². The number of halogens is 1. The van der Waals surface area contributed by atoms with Gasteiger partial charge < -0.3 is 5.32 Å². The SMILES string of the molecule is CC.CC(=O)Nc1cc(F)cc(CCCCCC(=O)C(C)C)c1.[HH]. The van der Waals surface area contributed by atoms with E-state index in [2.05, 4.69) is 5.32 Å². The summed E-state index contributed by atoms with van der Waals surface area (Å²) in [6, 6.07) is 4.60. The summed E-state index contributed by atoms with van der Waals surface area (Å²) in [5.41, 5.74) is 1.36. The Morgan fingerprint density at radius 1 is 1.13 bits per heavy atom. The lowest BCUT2D eigenvalue weighted by Gasteiger charge is -2.07. The number of hydrogen-bond donors (Lipinski definition) is 1. The molecule has 0 aliphatic carbocycles. The highest BCUT2D eigenvalue weighted by Gasteiger charge is 2.06. The summed E-state index contributed by atoms with van der Waals surface area (Å²) in [6.45, 7) is 9.23. The smallest absolute Gasteiger partial charge is 0.221 e. The molecule has 0 fully saturated rings. The van der Waals surface area contributed by atoms with Crippen LogP contribution in [0.15, 0.2) is 18.2 Å². The highest BCUT2D eigenvalue weighted by molar-refractivity contribution is 5.88. The van der Waals surface area contributed by atoms with Gasteiger partial charge in [0, 0.05) is 26.4 Å². The number of hydrogen-bond acceptors (Lipinski definition) is 2. The highest BCUT2D eigenvalue weighted by atomic mass is 19.1. The lowest BCUT2D eigenvalue weighted by molar-refractivity contribution is -0.122. The molecule has 1 aromatic carbocycles. The van der Waals surface area contributed by atoms with Gasteiger partial charge in [-0.15, -0.1) is 0 Å². The van der Waals surface area contributed by atoms with Crippen LogP contribution in [-0.4, -0.2) is 11.7 Å². The molecule has 0 aliphatic heterocycles. The summed E-state index contributed by atoms with van der Waals surface area (Å²) in [7, 11) is 0. The summed E-state index contributed by atoms with van der Waals surface area (Å²) in [4.78, 5) is 22.5. The zero-order chi connectivity index (χ0) is 17.8. The number of amides is 1. The zero-order valence-corrected chi connectivity index (χ0v) is 15.0. The minimum atomic E-state index is -0.341. The van der Waals surface area contributed by atoms with Crippen molar-refractivity contribution in [2.45, 2.75) is 66.7 Å². The molecule has 0 saturated carbocycles. The second-order valence-electron chi connectivity index (χ2n) is 5.71. The molecule has 0 heterocycles. The van der Waals surface area contributed by atoms with Gasteiger partial charge in [-0.1, -0.05) is 34.1 Å². The van der Waals surface area contributed by atoms with Crippen LogP contribution in [-0.2, 0) is 16.0 Å². The van der Waals surface area contributed by atoms with Gasteiger partial charge in [0.1, 0.15) is 11.6 Å². The zero-order valence-electron chi connectivity index (χ0n) is 15.0. The lowest BCUT2D eigenvalue weighted by Crippen LogP contribution is -2.07. The number of rotatable bonds is 8. The first-order valence-electron chi connectivity index (χ1n) is 8.48. The summed E-state index contributed by atoms with van der Waals surface area (Å²) < 4.78 is 13.5. The molecular formula is C19H32FNO2. The molecule has 0 saturated heterocycles. The number of carbonyl (C=O) groups excluding carboxylic acids is 2. The number of carbonyl (C=O) groups is 2. The van der Waals surface area contributed by atoms with E-state index in [1.807, 2.05) is 27.7 Å². The standard InChI is InChI=1S/C17H24FNO2.C2H6.H2/c1-12(2)17(21)8-6-4-5-7-14-9-15(18)11-16(10-14)19-13(3)20;1-2;/h9-12H,4-8H2,1-3H3,(H,19,20);1-2H3;1H. The van der Waals surface area contributed by atoms with Crippen molar-refractivity contribution in [3.63, 3.8) is 0 Å². The van der Waals surface area contributed by atoms with E-state index in [9.17, 15) is 14.0 Å². The maximum absolute atomic E-state index is 13.5. The molecule has 3 nitrogen and oxygen atoms in total. The molecule has 23 heavy (non-hydrogen) atoms. The van der Waals surface area contributed by atoms with Crippen LogP contribution < -0.4 is 5.32 Å². The van der Waals surface area contributed by atoms with E-state index < -0.39 is 0 Å². The molecule has 0 aromatic heterocycles. The van der Waals surface area contributed by atoms with Crippen molar-refractivity contribution in [3.05, 3.63) is 29.6 Å². The van der Waals surface area contributed by atoms with Gasteiger partial charge >= 0.3 is 0 Å². The van der Waals surface area contributed by atoms with Crippen molar-refractivity contribution in [3.8, 4) is 0 Å². The number of benzene rings is 1. The average molecular weight is 325 g/mol. The summed E-state index contributed by atoms with van der Waals surface area (Å²) in [5.74, 6) is -0.146. The normalized spacial score (nSPS) is 10.0. The third-order valence-electron chi connectivity index (χ3n) is 3.31. The topological polar surface area (TPSA) is 46.2 Å². The Hall–Kier alpha value is -1.71. The summed E-state index contributed by atoms with van der Waals surface area (Å²) in [5, 5.41) is 2.59. The molecule has 0 atom stereocenters. The van der Waals surface area contributed by atoms with E-state index in [-0.39, 0.29) is 19.1 Å². The van der Waals surface area contributed by atoms with E-state index in [1.165, 1.54) is 19.1 Å².